The minimum absolute atomic E-state index is 1.03. The molecule has 0 radical (unpaired) electrons. The van der Waals surface area contributed by atoms with E-state index in [0.29, 0.717) is 0 Å². The van der Waals surface area contributed by atoms with Gasteiger partial charge in [-0.25, -0.2) is 0 Å². The predicted molar refractivity (Wildman–Crippen MR) is 55.9 cm³/mol. The molecule has 0 atom stereocenters. The zero-order chi connectivity index (χ0) is 8.86. The molecule has 12 heavy (non-hydrogen) atoms. The summed E-state index contributed by atoms with van der Waals surface area (Å²) in [7, 11) is -1.23. The first-order chi connectivity index (χ1) is 5.71. The molecule has 1 nitrogen and oxygen atoms in total. The highest BCUT2D eigenvalue weighted by molar-refractivity contribution is 6.71. The van der Waals surface area contributed by atoms with Gasteiger partial charge in [-0.05, 0) is 25.6 Å². The molecular weight excluding hydrogens is 164 g/mol. The Kier molecular flexibility index (Phi) is 4.30. The smallest absolute Gasteiger partial charge is 0.186 e. The molecule has 1 rings (SSSR count). The SMILES string of the molecule is C[Si]1(C)CCCCCCCCO1. The average molecular weight is 186 g/mol. The van der Waals surface area contributed by atoms with Crippen LogP contribution in [0, 0.1) is 0 Å². The summed E-state index contributed by atoms with van der Waals surface area (Å²) in [5.74, 6) is 0. The van der Waals surface area contributed by atoms with Gasteiger partial charge >= 0.3 is 0 Å². The van der Waals surface area contributed by atoms with Gasteiger partial charge in [0.2, 0.25) is 0 Å². The first-order valence-electron chi connectivity index (χ1n) is 5.35. The highest BCUT2D eigenvalue weighted by atomic mass is 28.4. The van der Waals surface area contributed by atoms with Crippen LogP contribution in [0.25, 0.3) is 0 Å². The zero-order valence-electron chi connectivity index (χ0n) is 8.57. The van der Waals surface area contributed by atoms with Gasteiger partial charge in [0, 0.05) is 6.61 Å². The highest BCUT2D eigenvalue weighted by Crippen LogP contribution is 2.19. The van der Waals surface area contributed by atoms with Crippen LogP contribution in [-0.4, -0.2) is 14.9 Å². The van der Waals surface area contributed by atoms with Gasteiger partial charge in [-0.2, -0.15) is 0 Å². The zero-order valence-corrected chi connectivity index (χ0v) is 9.57. The summed E-state index contributed by atoms with van der Waals surface area (Å²) in [6.45, 7) is 5.74. The van der Waals surface area contributed by atoms with E-state index in [2.05, 4.69) is 13.1 Å². The van der Waals surface area contributed by atoms with Crippen molar-refractivity contribution in [3.05, 3.63) is 0 Å². The van der Waals surface area contributed by atoms with Gasteiger partial charge in [0.15, 0.2) is 8.32 Å². The topological polar surface area (TPSA) is 9.23 Å². The quantitative estimate of drug-likeness (QED) is 0.526. The van der Waals surface area contributed by atoms with Gasteiger partial charge in [0.05, 0.1) is 0 Å². The summed E-state index contributed by atoms with van der Waals surface area (Å²) < 4.78 is 5.94. The molecule has 0 bridgehead atoms. The van der Waals surface area contributed by atoms with E-state index in [4.69, 9.17) is 4.43 Å². The minimum Gasteiger partial charge on any atom is -0.417 e. The summed E-state index contributed by atoms with van der Waals surface area (Å²) in [6.07, 6.45) is 8.37. The van der Waals surface area contributed by atoms with Crippen molar-refractivity contribution >= 4 is 8.32 Å². The lowest BCUT2D eigenvalue weighted by Gasteiger charge is -2.23. The van der Waals surface area contributed by atoms with Crippen LogP contribution in [0.5, 0.6) is 0 Å². The summed E-state index contributed by atoms with van der Waals surface area (Å²) >= 11 is 0. The van der Waals surface area contributed by atoms with Gasteiger partial charge in [0.1, 0.15) is 0 Å². The Labute approximate surface area is 77.6 Å². The fraction of sp³-hybridized carbons (Fsp3) is 1.00. The molecule has 0 N–H and O–H groups in total. The first-order valence-corrected chi connectivity index (χ1v) is 8.46. The summed E-state index contributed by atoms with van der Waals surface area (Å²) in [5, 5.41) is 0. The lowest BCUT2D eigenvalue weighted by Crippen LogP contribution is -2.30. The Morgan fingerprint density at radius 1 is 0.833 bits per heavy atom. The minimum atomic E-state index is -1.23. The second-order valence-corrected chi connectivity index (χ2v) is 8.79. The molecule has 0 aromatic carbocycles. The molecule has 72 valence electrons. The van der Waals surface area contributed by atoms with E-state index in [1.165, 1.54) is 44.6 Å². The lowest BCUT2D eigenvalue weighted by atomic mass is 10.1. The van der Waals surface area contributed by atoms with Crippen molar-refractivity contribution in [1.29, 1.82) is 0 Å². The molecule has 0 aromatic heterocycles. The van der Waals surface area contributed by atoms with Crippen molar-refractivity contribution in [1.82, 2.24) is 0 Å². The fourth-order valence-electron chi connectivity index (χ4n) is 1.78. The number of rotatable bonds is 0. The molecule has 0 unspecified atom stereocenters. The van der Waals surface area contributed by atoms with E-state index in [-0.39, 0.29) is 0 Å². The lowest BCUT2D eigenvalue weighted by molar-refractivity contribution is 0.289. The van der Waals surface area contributed by atoms with E-state index in [0.717, 1.165) is 6.61 Å². The Morgan fingerprint density at radius 3 is 2.17 bits per heavy atom. The molecule has 0 saturated carbocycles. The van der Waals surface area contributed by atoms with E-state index in [1.54, 1.807) is 0 Å². The van der Waals surface area contributed by atoms with Gasteiger partial charge in [-0.3, -0.25) is 0 Å². The van der Waals surface area contributed by atoms with Crippen LogP contribution in [0.3, 0.4) is 0 Å². The molecule has 1 aliphatic rings. The van der Waals surface area contributed by atoms with Crippen molar-refractivity contribution in [2.75, 3.05) is 6.61 Å². The maximum absolute atomic E-state index is 5.94. The highest BCUT2D eigenvalue weighted by Gasteiger charge is 2.21. The number of hydrogen-bond donors (Lipinski definition) is 0. The van der Waals surface area contributed by atoms with Gasteiger partial charge in [0.25, 0.3) is 0 Å². The Balaban J connectivity index is 2.27. The van der Waals surface area contributed by atoms with Crippen LogP contribution >= 0.6 is 0 Å². The third-order valence-corrected chi connectivity index (χ3v) is 5.21. The molecule has 0 aromatic rings. The Hall–Kier alpha value is 0.177. The second kappa shape index (κ2) is 5.03. The Bertz CT molecular complexity index is 111. The van der Waals surface area contributed by atoms with E-state index in [9.17, 15) is 0 Å². The van der Waals surface area contributed by atoms with Crippen LogP contribution in [0.15, 0.2) is 0 Å². The summed E-state index contributed by atoms with van der Waals surface area (Å²) in [6, 6.07) is 1.37. The molecule has 0 aliphatic carbocycles. The molecular formula is C10H22OSi. The Morgan fingerprint density at radius 2 is 1.42 bits per heavy atom. The van der Waals surface area contributed by atoms with Gasteiger partial charge < -0.3 is 4.43 Å². The average Bonchev–Trinajstić information content (AvgIpc) is 2.02. The fourth-order valence-corrected chi connectivity index (χ4v) is 3.72. The maximum atomic E-state index is 5.94. The van der Waals surface area contributed by atoms with Crippen LogP contribution < -0.4 is 0 Å². The standard InChI is InChI=1S/C10H22OSi/c1-12(2)10-8-6-4-3-5-7-9-11-12/h3-10H2,1-2H3. The first kappa shape index (κ1) is 10.3. The van der Waals surface area contributed by atoms with Crippen LogP contribution in [-0.2, 0) is 4.43 Å². The molecule has 1 aliphatic heterocycles. The number of hydrogen-bond acceptors (Lipinski definition) is 1. The maximum Gasteiger partial charge on any atom is 0.186 e. The molecule has 1 heterocycles. The second-order valence-electron chi connectivity index (χ2n) is 4.48. The third kappa shape index (κ3) is 4.26. The van der Waals surface area contributed by atoms with Crippen molar-refractivity contribution in [3.63, 3.8) is 0 Å². The molecule has 0 spiro atoms. The van der Waals surface area contributed by atoms with Crippen molar-refractivity contribution in [2.45, 2.75) is 57.7 Å². The van der Waals surface area contributed by atoms with E-state index >= 15 is 0 Å². The predicted octanol–water partition coefficient (Wildman–Crippen LogP) is 3.56. The van der Waals surface area contributed by atoms with E-state index < -0.39 is 8.32 Å². The summed E-state index contributed by atoms with van der Waals surface area (Å²) in [4.78, 5) is 0. The van der Waals surface area contributed by atoms with Crippen molar-refractivity contribution < 1.29 is 4.43 Å². The summed E-state index contributed by atoms with van der Waals surface area (Å²) in [5.41, 5.74) is 0. The largest absolute Gasteiger partial charge is 0.417 e. The monoisotopic (exact) mass is 186 g/mol. The third-order valence-electron chi connectivity index (χ3n) is 2.67. The van der Waals surface area contributed by atoms with E-state index in [1.807, 2.05) is 0 Å². The van der Waals surface area contributed by atoms with Crippen LogP contribution in [0.4, 0.5) is 0 Å². The normalized spacial score (nSPS) is 26.5. The van der Waals surface area contributed by atoms with Crippen molar-refractivity contribution in [3.8, 4) is 0 Å². The van der Waals surface area contributed by atoms with Gasteiger partial charge in [-0.15, -0.1) is 0 Å². The molecule has 1 fully saturated rings. The molecule has 1 saturated heterocycles. The van der Waals surface area contributed by atoms with Crippen LogP contribution in [0.2, 0.25) is 19.1 Å². The van der Waals surface area contributed by atoms with Crippen LogP contribution in [0.1, 0.15) is 38.5 Å². The van der Waals surface area contributed by atoms with Crippen molar-refractivity contribution in [2.24, 2.45) is 0 Å². The van der Waals surface area contributed by atoms with Gasteiger partial charge in [-0.1, -0.05) is 32.1 Å². The molecule has 0 amide bonds. The molecule has 2 heteroatoms.